The van der Waals surface area contributed by atoms with Gasteiger partial charge in [0.25, 0.3) is 0 Å². The molecule has 0 aromatic rings. The summed E-state index contributed by atoms with van der Waals surface area (Å²) >= 11 is 0. The highest BCUT2D eigenvalue weighted by Crippen LogP contribution is 2.68. The molecule has 4 fully saturated rings. The van der Waals surface area contributed by atoms with Crippen LogP contribution in [0.4, 0.5) is 0 Å². The molecule has 1 N–H and O–H groups in total. The van der Waals surface area contributed by atoms with Gasteiger partial charge in [0.05, 0.1) is 6.10 Å². The Kier molecular flexibility index (Phi) is 5.57. The Balaban J connectivity index is 1.47. The molecular formula is C24H41NO3. The van der Waals surface area contributed by atoms with Crippen molar-refractivity contribution in [1.29, 1.82) is 0 Å². The van der Waals surface area contributed by atoms with Crippen LogP contribution in [0.5, 0.6) is 0 Å². The lowest BCUT2D eigenvalue weighted by Gasteiger charge is -2.61. The summed E-state index contributed by atoms with van der Waals surface area (Å²) in [5.41, 5.74) is 0.908. The van der Waals surface area contributed by atoms with Gasteiger partial charge in [-0.15, -0.1) is 0 Å². The van der Waals surface area contributed by atoms with Crippen molar-refractivity contribution in [2.24, 2.45) is 46.3 Å². The lowest BCUT2D eigenvalue weighted by Crippen LogP contribution is -2.54. The van der Waals surface area contributed by atoms with Gasteiger partial charge in [-0.1, -0.05) is 20.8 Å². The number of hydrogen-bond acceptors (Lipinski definition) is 3. The zero-order valence-corrected chi connectivity index (χ0v) is 18.2. The normalized spacial score (nSPS) is 49.0. The van der Waals surface area contributed by atoms with Crippen LogP contribution in [-0.2, 0) is 0 Å². The molecule has 9 atom stereocenters. The van der Waals surface area contributed by atoms with Gasteiger partial charge in [-0.3, -0.25) is 10.1 Å². The summed E-state index contributed by atoms with van der Waals surface area (Å²) in [6, 6.07) is 0. The van der Waals surface area contributed by atoms with Crippen LogP contribution >= 0.6 is 0 Å². The predicted molar refractivity (Wildman–Crippen MR) is 111 cm³/mol. The fourth-order valence-corrected chi connectivity index (χ4v) is 8.95. The average molecular weight is 392 g/mol. The van der Waals surface area contributed by atoms with Crippen LogP contribution in [0.15, 0.2) is 0 Å². The van der Waals surface area contributed by atoms with E-state index in [0.717, 1.165) is 55.3 Å². The highest BCUT2D eigenvalue weighted by molar-refractivity contribution is 5.09. The highest BCUT2D eigenvalue weighted by atomic mass is 16.6. The van der Waals surface area contributed by atoms with Crippen molar-refractivity contribution in [3.8, 4) is 0 Å². The molecule has 0 aromatic carbocycles. The lowest BCUT2D eigenvalue weighted by atomic mass is 9.44. The molecule has 160 valence electrons. The smallest absolute Gasteiger partial charge is 0.203 e. The molecule has 28 heavy (non-hydrogen) atoms. The zero-order chi connectivity index (χ0) is 20.1. The van der Waals surface area contributed by atoms with Crippen LogP contribution in [0.1, 0.15) is 91.4 Å². The van der Waals surface area contributed by atoms with E-state index in [1.165, 1.54) is 44.9 Å². The first-order chi connectivity index (χ1) is 13.3. The van der Waals surface area contributed by atoms with Gasteiger partial charge in [-0.05, 0) is 111 Å². The molecule has 0 aliphatic heterocycles. The van der Waals surface area contributed by atoms with Gasteiger partial charge in [0, 0.05) is 11.3 Å². The Hall–Kier alpha value is -0.640. The van der Waals surface area contributed by atoms with Crippen molar-refractivity contribution < 1.29 is 10.0 Å². The minimum atomic E-state index is -0.155. The van der Waals surface area contributed by atoms with Crippen molar-refractivity contribution >= 4 is 0 Å². The molecule has 4 nitrogen and oxygen atoms in total. The minimum absolute atomic E-state index is 0.0562. The maximum Gasteiger partial charge on any atom is 0.203 e. The predicted octanol–water partition coefficient (Wildman–Crippen LogP) is 5.70. The van der Waals surface area contributed by atoms with E-state index in [1.807, 2.05) is 0 Å². The van der Waals surface area contributed by atoms with E-state index in [0.29, 0.717) is 16.7 Å². The first-order valence-electron chi connectivity index (χ1n) is 12.1. The maximum atomic E-state index is 10.7. The molecule has 4 saturated carbocycles. The number of hydrogen-bond donors (Lipinski definition) is 1. The lowest BCUT2D eigenvalue weighted by molar-refractivity contribution is -0.480. The number of aliphatic hydroxyl groups excluding tert-OH is 1. The van der Waals surface area contributed by atoms with Gasteiger partial charge in [0.1, 0.15) is 0 Å². The molecule has 4 heteroatoms. The molecule has 0 saturated heterocycles. The second-order valence-corrected chi connectivity index (χ2v) is 11.5. The summed E-state index contributed by atoms with van der Waals surface area (Å²) in [6.45, 7) is 7.64. The standard InChI is InChI=1S/C24H41NO3/c1-16(5-4-14-25(27)28)20-8-9-21-19-7-6-17-15-18(26)10-12-23(17,2)22(19)11-13-24(20,21)3/h16-22,26H,4-15H2,1-3H3/t16-,17-,18-,19+,20-,21+,22+,23+,24-/m1/s1. The second kappa shape index (κ2) is 7.56. The first-order valence-corrected chi connectivity index (χ1v) is 12.1. The monoisotopic (exact) mass is 391 g/mol. The van der Waals surface area contributed by atoms with E-state index >= 15 is 0 Å². The zero-order valence-electron chi connectivity index (χ0n) is 18.2. The summed E-state index contributed by atoms with van der Waals surface area (Å²) < 4.78 is 0. The van der Waals surface area contributed by atoms with Crippen molar-refractivity contribution in [3.05, 3.63) is 10.1 Å². The largest absolute Gasteiger partial charge is 0.393 e. The Morgan fingerprint density at radius 1 is 1.04 bits per heavy atom. The number of rotatable bonds is 5. The van der Waals surface area contributed by atoms with Gasteiger partial charge in [0.15, 0.2) is 0 Å². The van der Waals surface area contributed by atoms with Crippen LogP contribution in [0.2, 0.25) is 0 Å². The third-order valence-electron chi connectivity index (χ3n) is 10.4. The number of nitrogens with zero attached hydrogens (tertiary/aromatic N) is 1. The summed E-state index contributed by atoms with van der Waals surface area (Å²) in [6.07, 6.45) is 13.1. The molecule has 0 aromatic heterocycles. The minimum Gasteiger partial charge on any atom is -0.393 e. The second-order valence-electron chi connectivity index (χ2n) is 11.5. The van der Waals surface area contributed by atoms with Crippen LogP contribution in [0, 0.1) is 56.5 Å². The molecule has 0 amide bonds. The Labute approximate surface area is 171 Å². The van der Waals surface area contributed by atoms with Crippen LogP contribution in [-0.4, -0.2) is 22.7 Å². The molecule has 4 aliphatic carbocycles. The Morgan fingerprint density at radius 2 is 1.75 bits per heavy atom. The van der Waals surface area contributed by atoms with E-state index in [1.54, 1.807) is 0 Å². The Bertz CT molecular complexity index is 594. The molecule has 0 radical (unpaired) electrons. The average Bonchev–Trinajstić information content (AvgIpc) is 2.99. The Morgan fingerprint density at radius 3 is 2.50 bits per heavy atom. The maximum absolute atomic E-state index is 10.7. The summed E-state index contributed by atoms with van der Waals surface area (Å²) in [5, 5.41) is 20.9. The fourth-order valence-electron chi connectivity index (χ4n) is 8.95. The first kappa shape index (κ1) is 20.6. The summed E-state index contributed by atoms with van der Waals surface area (Å²) in [4.78, 5) is 10.6. The SMILES string of the molecule is C[C@H](CCC[N+](=O)[O-])[C@H]1CC[C@H]2[C@@H]3CC[C@@H]4C[C@H](O)CC[C@]4(C)[C@H]3CC[C@]12C. The van der Waals surface area contributed by atoms with Gasteiger partial charge < -0.3 is 5.11 Å². The molecule has 4 rings (SSSR count). The summed E-state index contributed by atoms with van der Waals surface area (Å²) in [7, 11) is 0. The van der Waals surface area contributed by atoms with Crippen LogP contribution < -0.4 is 0 Å². The topological polar surface area (TPSA) is 63.4 Å². The number of nitro groups is 1. The molecule has 4 aliphatic rings. The van der Waals surface area contributed by atoms with E-state index < -0.39 is 0 Å². The van der Waals surface area contributed by atoms with Crippen molar-refractivity contribution in [2.45, 2.75) is 97.5 Å². The number of aliphatic hydroxyl groups is 1. The highest BCUT2D eigenvalue weighted by Gasteiger charge is 2.60. The van der Waals surface area contributed by atoms with E-state index in [9.17, 15) is 15.2 Å². The number of fused-ring (bicyclic) bond motifs is 5. The third-order valence-corrected chi connectivity index (χ3v) is 10.4. The fraction of sp³-hybridized carbons (Fsp3) is 1.00. The van der Waals surface area contributed by atoms with Crippen molar-refractivity contribution in [2.75, 3.05) is 6.54 Å². The third kappa shape index (κ3) is 3.32. The van der Waals surface area contributed by atoms with Crippen LogP contribution in [0.25, 0.3) is 0 Å². The van der Waals surface area contributed by atoms with Crippen molar-refractivity contribution in [3.63, 3.8) is 0 Å². The van der Waals surface area contributed by atoms with E-state index in [2.05, 4.69) is 20.8 Å². The van der Waals surface area contributed by atoms with E-state index in [-0.39, 0.29) is 17.6 Å². The van der Waals surface area contributed by atoms with Gasteiger partial charge in [0.2, 0.25) is 6.54 Å². The molecule has 0 spiro atoms. The summed E-state index contributed by atoms with van der Waals surface area (Å²) in [5.74, 6) is 4.71. The molecule has 0 unspecified atom stereocenters. The molecule has 0 heterocycles. The molecule has 0 bridgehead atoms. The van der Waals surface area contributed by atoms with Gasteiger partial charge >= 0.3 is 0 Å². The van der Waals surface area contributed by atoms with Crippen LogP contribution in [0.3, 0.4) is 0 Å². The molecular weight excluding hydrogens is 350 g/mol. The van der Waals surface area contributed by atoms with Gasteiger partial charge in [-0.2, -0.15) is 0 Å². The van der Waals surface area contributed by atoms with E-state index in [4.69, 9.17) is 0 Å². The quantitative estimate of drug-likeness (QED) is 0.483. The van der Waals surface area contributed by atoms with Gasteiger partial charge in [-0.25, -0.2) is 0 Å². The van der Waals surface area contributed by atoms with Crippen molar-refractivity contribution in [1.82, 2.24) is 0 Å².